The summed E-state index contributed by atoms with van der Waals surface area (Å²) in [6.07, 6.45) is 0.912. The maximum Gasteiger partial charge on any atom is 0.256 e. The summed E-state index contributed by atoms with van der Waals surface area (Å²) >= 11 is 0. The van der Waals surface area contributed by atoms with E-state index < -0.39 is 0 Å². The molecule has 100 valence electrons. The zero-order valence-corrected chi connectivity index (χ0v) is 11.6. The summed E-state index contributed by atoms with van der Waals surface area (Å²) in [6, 6.07) is 11.1. The van der Waals surface area contributed by atoms with Crippen molar-refractivity contribution in [3.05, 3.63) is 47.7 Å². The van der Waals surface area contributed by atoms with Gasteiger partial charge in [-0.2, -0.15) is 5.10 Å². The highest BCUT2D eigenvalue weighted by atomic mass is 16.1. The summed E-state index contributed by atoms with van der Waals surface area (Å²) in [6.45, 7) is 4.30. The minimum atomic E-state index is -0.111. The first-order valence-electron chi connectivity index (χ1n) is 6.45. The van der Waals surface area contributed by atoms with Gasteiger partial charge in [-0.05, 0) is 24.5 Å². The van der Waals surface area contributed by atoms with Gasteiger partial charge in [0.2, 0.25) is 0 Å². The van der Waals surface area contributed by atoms with Crippen LogP contribution in [0.5, 0.6) is 0 Å². The molecular weight excluding hydrogens is 238 g/mol. The van der Waals surface area contributed by atoms with Gasteiger partial charge >= 0.3 is 0 Å². The Kier molecular flexibility index (Phi) is 4.00. The standard InChI is InChI=1S/C15H19N3O/c1-11(2)9-13-10-14(18(3)17-13)16-15(19)12-7-5-4-6-8-12/h4-8,10-11H,9H2,1-3H3,(H,16,19). The number of nitrogens with zero attached hydrogens (tertiary/aromatic N) is 2. The molecule has 4 nitrogen and oxygen atoms in total. The fourth-order valence-corrected chi connectivity index (χ4v) is 1.94. The van der Waals surface area contributed by atoms with Gasteiger partial charge in [0, 0.05) is 18.7 Å². The summed E-state index contributed by atoms with van der Waals surface area (Å²) < 4.78 is 1.71. The number of hydrogen-bond acceptors (Lipinski definition) is 2. The van der Waals surface area contributed by atoms with E-state index in [1.54, 1.807) is 16.8 Å². The molecule has 1 aromatic heterocycles. The maximum atomic E-state index is 12.0. The molecule has 0 unspecified atom stereocenters. The Balaban J connectivity index is 2.11. The van der Waals surface area contributed by atoms with E-state index in [9.17, 15) is 4.79 Å². The molecule has 0 fully saturated rings. The van der Waals surface area contributed by atoms with Gasteiger partial charge in [-0.3, -0.25) is 9.48 Å². The molecule has 0 aliphatic carbocycles. The van der Waals surface area contributed by atoms with Gasteiger partial charge in [0.15, 0.2) is 0 Å². The van der Waals surface area contributed by atoms with Gasteiger partial charge < -0.3 is 5.32 Å². The lowest BCUT2D eigenvalue weighted by Gasteiger charge is -2.04. The van der Waals surface area contributed by atoms with Crippen LogP contribution in [-0.4, -0.2) is 15.7 Å². The zero-order chi connectivity index (χ0) is 13.8. The van der Waals surface area contributed by atoms with Gasteiger partial charge in [-0.1, -0.05) is 32.0 Å². The highest BCUT2D eigenvalue weighted by molar-refractivity contribution is 6.03. The lowest BCUT2D eigenvalue weighted by atomic mass is 10.1. The third-order valence-electron chi connectivity index (χ3n) is 2.83. The Morgan fingerprint density at radius 1 is 1.32 bits per heavy atom. The van der Waals surface area contributed by atoms with E-state index in [4.69, 9.17) is 0 Å². The van der Waals surface area contributed by atoms with Crippen LogP contribution < -0.4 is 5.32 Å². The Morgan fingerprint density at radius 3 is 2.63 bits per heavy atom. The van der Waals surface area contributed by atoms with Crippen molar-refractivity contribution >= 4 is 11.7 Å². The molecule has 0 aliphatic rings. The summed E-state index contributed by atoms with van der Waals surface area (Å²) in [7, 11) is 1.84. The SMILES string of the molecule is CC(C)Cc1cc(NC(=O)c2ccccc2)n(C)n1. The minimum Gasteiger partial charge on any atom is -0.307 e. The molecule has 0 spiro atoms. The van der Waals surface area contributed by atoms with Crippen LogP contribution >= 0.6 is 0 Å². The van der Waals surface area contributed by atoms with Gasteiger partial charge in [0.25, 0.3) is 5.91 Å². The van der Waals surface area contributed by atoms with Crippen molar-refractivity contribution in [2.45, 2.75) is 20.3 Å². The van der Waals surface area contributed by atoms with E-state index in [-0.39, 0.29) is 5.91 Å². The number of carbonyl (C=O) groups excluding carboxylic acids is 1. The quantitative estimate of drug-likeness (QED) is 0.915. The topological polar surface area (TPSA) is 46.9 Å². The second-order valence-corrected chi connectivity index (χ2v) is 5.06. The minimum absolute atomic E-state index is 0.111. The molecule has 1 aromatic carbocycles. The summed E-state index contributed by atoms with van der Waals surface area (Å²) in [5, 5.41) is 7.28. The number of carbonyl (C=O) groups is 1. The molecule has 0 aliphatic heterocycles. The Hall–Kier alpha value is -2.10. The Labute approximate surface area is 113 Å². The number of hydrogen-bond donors (Lipinski definition) is 1. The van der Waals surface area contributed by atoms with Gasteiger partial charge in [0.05, 0.1) is 5.69 Å². The first-order valence-corrected chi connectivity index (χ1v) is 6.45. The molecular formula is C15H19N3O. The molecule has 4 heteroatoms. The van der Waals surface area contributed by atoms with E-state index in [1.165, 1.54) is 0 Å². The van der Waals surface area contributed by atoms with Gasteiger partial charge in [-0.25, -0.2) is 0 Å². The average molecular weight is 257 g/mol. The van der Waals surface area contributed by atoms with Gasteiger partial charge in [0.1, 0.15) is 5.82 Å². The highest BCUT2D eigenvalue weighted by Gasteiger charge is 2.10. The van der Waals surface area contributed by atoms with Crippen LogP contribution in [0.4, 0.5) is 5.82 Å². The number of anilines is 1. The average Bonchev–Trinajstić information content (AvgIpc) is 2.69. The van der Waals surface area contributed by atoms with Crippen molar-refractivity contribution in [3.63, 3.8) is 0 Å². The molecule has 0 saturated heterocycles. The number of rotatable bonds is 4. The normalized spacial score (nSPS) is 10.7. The predicted molar refractivity (Wildman–Crippen MR) is 76.1 cm³/mol. The molecule has 1 amide bonds. The predicted octanol–water partition coefficient (Wildman–Crippen LogP) is 2.87. The summed E-state index contributed by atoms with van der Waals surface area (Å²) in [4.78, 5) is 12.0. The van der Waals surface area contributed by atoms with Crippen LogP contribution in [0.15, 0.2) is 36.4 Å². The fourth-order valence-electron chi connectivity index (χ4n) is 1.94. The molecule has 0 radical (unpaired) electrons. The lowest BCUT2D eigenvalue weighted by molar-refractivity contribution is 0.102. The largest absolute Gasteiger partial charge is 0.307 e. The van der Waals surface area contributed by atoms with E-state index in [2.05, 4.69) is 24.3 Å². The number of nitrogens with one attached hydrogen (secondary N) is 1. The number of amides is 1. The molecule has 19 heavy (non-hydrogen) atoms. The molecule has 0 atom stereocenters. The molecule has 2 aromatic rings. The second-order valence-electron chi connectivity index (χ2n) is 5.06. The fraction of sp³-hybridized carbons (Fsp3) is 0.333. The van der Waals surface area contributed by atoms with Crippen LogP contribution in [0.1, 0.15) is 29.9 Å². The van der Waals surface area contributed by atoms with Crippen molar-refractivity contribution in [2.24, 2.45) is 13.0 Å². The Morgan fingerprint density at radius 2 is 2.00 bits per heavy atom. The van der Waals surface area contributed by atoms with E-state index in [0.717, 1.165) is 17.9 Å². The van der Waals surface area contributed by atoms with Crippen molar-refractivity contribution in [1.82, 2.24) is 9.78 Å². The van der Waals surface area contributed by atoms with Crippen molar-refractivity contribution < 1.29 is 4.79 Å². The summed E-state index contributed by atoms with van der Waals surface area (Å²) in [5.74, 6) is 1.16. The number of aromatic nitrogens is 2. The monoisotopic (exact) mass is 257 g/mol. The first-order chi connectivity index (χ1) is 9.06. The van der Waals surface area contributed by atoms with Crippen molar-refractivity contribution in [2.75, 3.05) is 5.32 Å². The number of aryl methyl sites for hydroxylation is 1. The summed E-state index contributed by atoms with van der Waals surface area (Å²) in [5.41, 5.74) is 1.65. The first kappa shape index (κ1) is 13.3. The van der Waals surface area contributed by atoms with Crippen LogP contribution in [0.3, 0.4) is 0 Å². The number of benzene rings is 1. The van der Waals surface area contributed by atoms with E-state index >= 15 is 0 Å². The Bertz CT molecular complexity index is 558. The van der Waals surface area contributed by atoms with Crippen molar-refractivity contribution in [1.29, 1.82) is 0 Å². The third kappa shape index (κ3) is 3.44. The van der Waals surface area contributed by atoms with E-state index in [0.29, 0.717) is 11.5 Å². The van der Waals surface area contributed by atoms with Gasteiger partial charge in [-0.15, -0.1) is 0 Å². The van der Waals surface area contributed by atoms with Crippen LogP contribution in [0, 0.1) is 5.92 Å². The smallest absolute Gasteiger partial charge is 0.256 e. The molecule has 1 N–H and O–H groups in total. The maximum absolute atomic E-state index is 12.0. The van der Waals surface area contributed by atoms with E-state index in [1.807, 2.05) is 31.3 Å². The highest BCUT2D eigenvalue weighted by Crippen LogP contribution is 2.14. The van der Waals surface area contributed by atoms with Crippen LogP contribution in [0.2, 0.25) is 0 Å². The molecule has 1 heterocycles. The van der Waals surface area contributed by atoms with Crippen molar-refractivity contribution in [3.8, 4) is 0 Å². The third-order valence-corrected chi connectivity index (χ3v) is 2.83. The lowest BCUT2D eigenvalue weighted by Crippen LogP contribution is -2.14. The second kappa shape index (κ2) is 5.69. The molecule has 0 bridgehead atoms. The molecule has 2 rings (SSSR count). The zero-order valence-electron chi connectivity index (χ0n) is 11.6. The van der Waals surface area contributed by atoms with Crippen LogP contribution in [-0.2, 0) is 13.5 Å². The van der Waals surface area contributed by atoms with Crippen LogP contribution in [0.25, 0.3) is 0 Å². The molecule has 0 saturated carbocycles.